The molecular weight excluding hydrogens is 1020 g/mol. The van der Waals surface area contributed by atoms with E-state index in [0.717, 1.165) is 12.8 Å². The van der Waals surface area contributed by atoms with E-state index in [1.54, 1.807) is 0 Å². The Morgan fingerprint density at radius 3 is 1.57 bits per heavy atom. The minimum absolute atomic E-state index is 0.0422. The summed E-state index contributed by atoms with van der Waals surface area (Å²) in [6.45, 7) is 16.3. The zero-order valence-electron chi connectivity index (χ0n) is 45.8. The summed E-state index contributed by atoms with van der Waals surface area (Å²) in [7, 11) is -6.21. The molecule has 5 aromatic carbocycles. The maximum atomic E-state index is 13.1. The molecule has 11 nitrogen and oxygen atoms in total. The summed E-state index contributed by atoms with van der Waals surface area (Å²) in [5, 5.41) is 4.15. The van der Waals surface area contributed by atoms with Gasteiger partial charge < -0.3 is 46.7 Å². The van der Waals surface area contributed by atoms with Gasteiger partial charge in [-0.1, -0.05) is 181 Å². The second kappa shape index (κ2) is 24.0. The van der Waals surface area contributed by atoms with Crippen molar-refractivity contribution in [2.75, 3.05) is 13.2 Å². The molecule has 5 aliphatic heterocycles. The zero-order valence-corrected chi connectivity index (χ0v) is 48.6. The van der Waals surface area contributed by atoms with E-state index in [1.807, 2.05) is 30.3 Å². The van der Waals surface area contributed by atoms with E-state index in [0.29, 0.717) is 51.1 Å². The largest absolute Gasteiger partial charge is 0.462 e. The van der Waals surface area contributed by atoms with E-state index >= 15 is 0 Å². The molecule has 0 N–H and O–H groups in total. The molecule has 5 fully saturated rings. The van der Waals surface area contributed by atoms with Crippen LogP contribution in [0.3, 0.4) is 0 Å². The van der Waals surface area contributed by atoms with Crippen molar-refractivity contribution in [2.24, 2.45) is 0 Å². The molecule has 1 unspecified atom stereocenters. The van der Waals surface area contributed by atoms with Gasteiger partial charge in [-0.25, -0.2) is 0 Å². The first kappa shape index (κ1) is 55.7. The number of carbonyl (C=O) groups is 1. The Balaban J connectivity index is 1.03. The van der Waals surface area contributed by atoms with Crippen LogP contribution >= 0.6 is 12.2 Å². The third-order valence-corrected chi connectivity index (χ3v) is 26.8. The molecular formula is C63H78O11SSi2. The number of esters is 1. The maximum absolute atomic E-state index is 13.1. The molecule has 410 valence electrons. The van der Waals surface area contributed by atoms with Gasteiger partial charge in [0.2, 0.25) is 0 Å². The molecule has 5 aliphatic rings. The predicted molar refractivity (Wildman–Crippen MR) is 307 cm³/mol. The highest BCUT2D eigenvalue weighted by atomic mass is 32.1. The number of rotatable bonds is 12. The van der Waals surface area contributed by atoms with Crippen molar-refractivity contribution in [1.29, 1.82) is 0 Å². The topological polar surface area (TPSA) is 109 Å². The monoisotopic (exact) mass is 1100 g/mol. The van der Waals surface area contributed by atoms with Crippen LogP contribution in [0.2, 0.25) is 10.1 Å². The second-order valence-electron chi connectivity index (χ2n) is 23.7. The van der Waals surface area contributed by atoms with E-state index in [-0.39, 0.29) is 40.0 Å². The van der Waals surface area contributed by atoms with E-state index in [2.05, 4.69) is 163 Å². The van der Waals surface area contributed by atoms with Gasteiger partial charge in [0.15, 0.2) is 0 Å². The number of hydrogen-bond acceptors (Lipinski definition) is 12. The number of para-hydroxylation sites is 1. The summed E-state index contributed by atoms with van der Waals surface area (Å²) >= 11 is 5.77. The molecule has 0 aromatic heterocycles. The lowest BCUT2D eigenvalue weighted by atomic mass is 9.89. The number of benzene rings is 5. The molecule has 5 aromatic rings. The lowest BCUT2D eigenvalue weighted by Crippen LogP contribution is -2.70. The number of fused-ring (bicyclic) bond motifs is 4. The van der Waals surface area contributed by atoms with Crippen molar-refractivity contribution >= 4 is 60.8 Å². The van der Waals surface area contributed by atoms with Gasteiger partial charge in [-0.2, -0.15) is 0 Å². The van der Waals surface area contributed by atoms with Crippen LogP contribution in [0.25, 0.3) is 0 Å². The summed E-state index contributed by atoms with van der Waals surface area (Å²) in [5.41, 5.74) is 0. The van der Waals surface area contributed by atoms with Crippen LogP contribution in [-0.2, 0) is 46.8 Å². The van der Waals surface area contributed by atoms with Crippen LogP contribution in [0.4, 0.5) is 0 Å². The van der Waals surface area contributed by atoms with Gasteiger partial charge in [0.05, 0.1) is 55.4 Å². The minimum atomic E-state index is -3.17. The number of ether oxygens (including phenoxy) is 8. The molecule has 0 radical (unpaired) electrons. The SMILES string of the molecule is CC(=O)O[C@H]1CC(OC(=S)Oc2ccccc2)[C@H]2O[C@H]3CCCO[C@@H]3C[C@@H]2O[C@@H]2CC[C@@H]3O[C@H](CO[Si](c4ccccc4)(c4ccccc4)C(C)(C)C)[C@@H](O[Si](c4ccccc4)(c4ccccc4)C(C)(C)C)C[C@H]3O[C@H]2C1. The van der Waals surface area contributed by atoms with Crippen molar-refractivity contribution in [3.63, 3.8) is 0 Å². The highest BCUT2D eigenvalue weighted by molar-refractivity contribution is 7.79. The molecule has 10 rings (SSSR count). The van der Waals surface area contributed by atoms with E-state index in [4.69, 9.17) is 59.0 Å². The fourth-order valence-electron chi connectivity index (χ4n) is 13.1. The normalized spacial score (nSPS) is 29.0. The fraction of sp³-hybridized carbons (Fsp3) is 0.492. The lowest BCUT2D eigenvalue weighted by molar-refractivity contribution is -0.248. The molecule has 0 spiro atoms. The third kappa shape index (κ3) is 12.1. The van der Waals surface area contributed by atoms with Gasteiger partial charge in [0, 0.05) is 51.4 Å². The van der Waals surface area contributed by atoms with Gasteiger partial charge in [-0.15, -0.1) is 0 Å². The van der Waals surface area contributed by atoms with E-state index in [9.17, 15) is 4.79 Å². The average molecular weight is 1100 g/mol. The molecule has 0 bridgehead atoms. The third-order valence-electron chi connectivity index (χ3n) is 16.5. The van der Waals surface area contributed by atoms with Gasteiger partial charge >= 0.3 is 11.2 Å². The van der Waals surface area contributed by atoms with Crippen molar-refractivity contribution in [3.8, 4) is 5.75 Å². The van der Waals surface area contributed by atoms with Crippen LogP contribution in [0.1, 0.15) is 99.8 Å². The Labute approximate surface area is 463 Å². The predicted octanol–water partition coefficient (Wildman–Crippen LogP) is 9.78. The summed E-state index contributed by atoms with van der Waals surface area (Å²) in [6, 6.07) is 52.5. The Kier molecular flexibility index (Phi) is 17.4. The summed E-state index contributed by atoms with van der Waals surface area (Å²) in [5.74, 6) is 0.162. The second-order valence-corrected chi connectivity index (χ2v) is 32.6. The highest BCUT2D eigenvalue weighted by Gasteiger charge is 2.57. The van der Waals surface area contributed by atoms with E-state index < -0.39 is 77.5 Å². The number of hydrogen-bond donors (Lipinski definition) is 0. The average Bonchev–Trinajstić information content (AvgIpc) is 3.55. The first-order valence-corrected chi connectivity index (χ1v) is 32.2. The zero-order chi connectivity index (χ0) is 53.8. The molecule has 0 aliphatic carbocycles. The minimum Gasteiger partial charge on any atom is -0.462 e. The van der Waals surface area contributed by atoms with Crippen LogP contribution in [0, 0.1) is 0 Å². The van der Waals surface area contributed by atoms with Crippen molar-refractivity contribution in [1.82, 2.24) is 0 Å². The Morgan fingerprint density at radius 2 is 1.03 bits per heavy atom. The number of carbonyl (C=O) groups excluding carboxylic acids is 1. The fourth-order valence-corrected chi connectivity index (χ4v) is 22.6. The van der Waals surface area contributed by atoms with Gasteiger partial charge in [-0.05, 0) is 68.6 Å². The smallest absolute Gasteiger partial charge is 0.358 e. The standard InChI is InChI=1S/C63H78O11SSi2/c1-43(64)67-45-38-54-51(69-58-40-53-50(34-23-37-65-53)72-60(58)57(39-45)73-61(75)68-44-24-13-8-14-25-44)35-36-52-55(71-54)41-56(74-77(63(5,6)7,48-30-19-11-20-31-48)49-32-21-12-22-33-49)59(70-52)42-66-76(62(2,3)4,46-26-15-9-16-27-46)47-28-17-10-18-29-47/h8-22,24-33,45,50-60H,23,34-42H2,1-7H3/t45-,50+,51-,52+,53-,54+,55-,56+,57?,58+,59-,60-/m1/s1. The Hall–Kier alpha value is -4.59. The molecule has 14 heteroatoms. The number of thiocarbonyl (C=S) groups is 1. The molecule has 0 amide bonds. The molecule has 12 atom stereocenters. The molecule has 77 heavy (non-hydrogen) atoms. The maximum Gasteiger partial charge on any atom is 0.358 e. The summed E-state index contributed by atoms with van der Waals surface area (Å²) < 4.78 is 70.8. The quantitative estimate of drug-likeness (QED) is 0.0675. The Morgan fingerprint density at radius 1 is 0.532 bits per heavy atom. The Bertz CT molecular complexity index is 2610. The molecule has 5 heterocycles. The highest BCUT2D eigenvalue weighted by Crippen LogP contribution is 2.45. The van der Waals surface area contributed by atoms with Crippen LogP contribution < -0.4 is 25.5 Å². The van der Waals surface area contributed by atoms with Crippen molar-refractivity contribution in [2.45, 2.75) is 183 Å². The van der Waals surface area contributed by atoms with Crippen LogP contribution in [0.15, 0.2) is 152 Å². The molecule has 5 saturated heterocycles. The van der Waals surface area contributed by atoms with Gasteiger partial charge in [0.25, 0.3) is 16.6 Å². The summed E-state index contributed by atoms with van der Waals surface area (Å²) in [4.78, 5) is 13.1. The first-order valence-electron chi connectivity index (χ1n) is 28.0. The molecule has 0 saturated carbocycles. The summed E-state index contributed by atoms with van der Waals surface area (Å²) in [6.07, 6.45) is -0.375. The van der Waals surface area contributed by atoms with Crippen LogP contribution in [0.5, 0.6) is 5.75 Å². The van der Waals surface area contributed by atoms with Crippen molar-refractivity contribution in [3.05, 3.63) is 152 Å². The van der Waals surface area contributed by atoms with Crippen molar-refractivity contribution < 1.29 is 51.5 Å². The van der Waals surface area contributed by atoms with Gasteiger partial charge in [0.1, 0.15) is 30.2 Å². The first-order chi connectivity index (χ1) is 37.1. The van der Waals surface area contributed by atoms with Crippen LogP contribution in [-0.4, -0.2) is 114 Å². The van der Waals surface area contributed by atoms with E-state index in [1.165, 1.54) is 27.7 Å². The van der Waals surface area contributed by atoms with Gasteiger partial charge in [-0.3, -0.25) is 4.79 Å². The lowest BCUT2D eigenvalue weighted by Gasteiger charge is -2.50.